The van der Waals surface area contributed by atoms with Gasteiger partial charge in [-0.1, -0.05) is 11.6 Å². The van der Waals surface area contributed by atoms with Gasteiger partial charge in [0.05, 0.1) is 35.0 Å². The van der Waals surface area contributed by atoms with Crippen molar-refractivity contribution in [3.63, 3.8) is 0 Å². The second-order valence-corrected chi connectivity index (χ2v) is 5.80. The smallest absolute Gasteiger partial charge is 0.215 e. The molecular formula is C15H14ClN5O. The fraction of sp³-hybridized carbons (Fsp3) is 0.400. The summed E-state index contributed by atoms with van der Waals surface area (Å²) in [5.41, 5.74) is 1.73. The number of guanidine groups is 1. The Morgan fingerprint density at radius 2 is 2.18 bits per heavy atom. The van der Waals surface area contributed by atoms with Crippen molar-refractivity contribution >= 4 is 23.2 Å². The van der Waals surface area contributed by atoms with Crippen molar-refractivity contribution in [1.82, 2.24) is 9.80 Å². The maximum absolute atomic E-state index is 9.97. The molecule has 22 heavy (non-hydrogen) atoms. The van der Waals surface area contributed by atoms with E-state index in [9.17, 15) is 10.4 Å². The second kappa shape index (κ2) is 5.49. The summed E-state index contributed by atoms with van der Waals surface area (Å²) < 4.78 is 0. The van der Waals surface area contributed by atoms with Crippen molar-refractivity contribution in [1.29, 1.82) is 10.5 Å². The minimum absolute atomic E-state index is 0.0902. The summed E-state index contributed by atoms with van der Waals surface area (Å²) in [4.78, 5) is 8.01. The lowest BCUT2D eigenvalue weighted by molar-refractivity contribution is 0.146. The van der Waals surface area contributed by atoms with Crippen LogP contribution in [0.25, 0.3) is 0 Å². The zero-order valence-electron chi connectivity index (χ0n) is 12.0. The van der Waals surface area contributed by atoms with Gasteiger partial charge in [-0.05, 0) is 31.0 Å². The third-order valence-electron chi connectivity index (χ3n) is 4.20. The molecule has 1 aromatic carbocycles. The van der Waals surface area contributed by atoms with Crippen molar-refractivity contribution in [2.75, 3.05) is 13.1 Å². The van der Waals surface area contributed by atoms with Crippen molar-refractivity contribution < 1.29 is 5.11 Å². The maximum atomic E-state index is 9.97. The third-order valence-corrected chi connectivity index (χ3v) is 4.68. The summed E-state index contributed by atoms with van der Waals surface area (Å²) in [6.45, 7) is 2.91. The van der Waals surface area contributed by atoms with Gasteiger partial charge in [0.1, 0.15) is 6.07 Å². The largest absolute Gasteiger partial charge is 0.391 e. The number of nitrogens with zero attached hydrogens (tertiary/aromatic N) is 5. The molecule has 1 N–H and O–H groups in total. The molecule has 0 radical (unpaired) electrons. The highest BCUT2D eigenvalue weighted by molar-refractivity contribution is 6.32. The summed E-state index contributed by atoms with van der Waals surface area (Å²) in [6.07, 6.45) is 2.35. The molecule has 2 aliphatic heterocycles. The van der Waals surface area contributed by atoms with Gasteiger partial charge in [-0.2, -0.15) is 10.5 Å². The lowest BCUT2D eigenvalue weighted by Gasteiger charge is -2.18. The molecule has 2 saturated heterocycles. The number of halogens is 1. The third kappa shape index (κ3) is 2.18. The standard InChI is InChI=1S/C15H14ClN5O/c1-9-11(3-2-10(6-17)14(9)16)19-15-20(8-18)7-12-13(22)4-5-21(12)15/h2-3,12-13,22H,4-5,7H2,1H3. The quantitative estimate of drug-likeness (QED) is 0.798. The Balaban J connectivity index is 2.03. The van der Waals surface area contributed by atoms with E-state index in [0.29, 0.717) is 47.3 Å². The van der Waals surface area contributed by atoms with E-state index < -0.39 is 6.10 Å². The summed E-state index contributed by atoms with van der Waals surface area (Å²) in [6, 6.07) is 5.29. The summed E-state index contributed by atoms with van der Waals surface area (Å²) >= 11 is 6.16. The lowest BCUT2D eigenvalue weighted by atomic mass is 10.1. The summed E-state index contributed by atoms with van der Waals surface area (Å²) in [5, 5.41) is 28.6. The monoisotopic (exact) mass is 315 g/mol. The van der Waals surface area contributed by atoms with Crippen LogP contribution < -0.4 is 0 Å². The number of hydrogen-bond donors (Lipinski definition) is 1. The number of fused-ring (bicyclic) bond motifs is 1. The fourth-order valence-electron chi connectivity index (χ4n) is 2.93. The molecule has 112 valence electrons. The van der Waals surface area contributed by atoms with Crippen molar-refractivity contribution in [3.05, 3.63) is 28.3 Å². The number of aliphatic hydroxyl groups excluding tert-OH is 1. The molecule has 0 saturated carbocycles. The number of hydrogen-bond acceptors (Lipinski definition) is 4. The Morgan fingerprint density at radius 3 is 2.86 bits per heavy atom. The average molecular weight is 316 g/mol. The van der Waals surface area contributed by atoms with Crippen LogP contribution in [0.1, 0.15) is 17.5 Å². The van der Waals surface area contributed by atoms with E-state index in [1.54, 1.807) is 19.1 Å². The van der Waals surface area contributed by atoms with Gasteiger partial charge in [0, 0.05) is 6.54 Å². The number of rotatable bonds is 1. The lowest BCUT2D eigenvalue weighted by Crippen LogP contribution is -2.33. The van der Waals surface area contributed by atoms with Crippen LogP contribution in [0, 0.1) is 29.7 Å². The molecule has 0 amide bonds. The zero-order valence-corrected chi connectivity index (χ0v) is 12.7. The van der Waals surface area contributed by atoms with Crippen LogP contribution in [0.3, 0.4) is 0 Å². The van der Waals surface area contributed by atoms with Crippen molar-refractivity contribution in [3.8, 4) is 12.3 Å². The Kier molecular flexibility index (Phi) is 3.66. The number of aliphatic imine (C=N–C) groups is 1. The van der Waals surface area contributed by atoms with Crippen molar-refractivity contribution in [2.45, 2.75) is 25.5 Å². The Bertz CT molecular complexity index is 733. The van der Waals surface area contributed by atoms with E-state index in [1.807, 2.05) is 11.0 Å². The first-order chi connectivity index (χ1) is 10.6. The first kappa shape index (κ1) is 14.6. The Morgan fingerprint density at radius 1 is 1.41 bits per heavy atom. The van der Waals surface area contributed by atoms with E-state index in [-0.39, 0.29) is 6.04 Å². The van der Waals surface area contributed by atoms with E-state index in [4.69, 9.17) is 16.9 Å². The second-order valence-electron chi connectivity index (χ2n) is 5.42. The Labute approximate surface area is 133 Å². The summed E-state index contributed by atoms with van der Waals surface area (Å²) in [5.74, 6) is 0.535. The SMILES string of the molecule is Cc1c(N=C2N(C#N)CC3C(O)CCN23)ccc(C#N)c1Cl. The van der Waals surface area contributed by atoms with Gasteiger partial charge in [0.25, 0.3) is 0 Å². The average Bonchev–Trinajstić information content (AvgIpc) is 3.05. The van der Waals surface area contributed by atoms with E-state index >= 15 is 0 Å². The molecule has 1 aromatic rings. The van der Waals surface area contributed by atoms with E-state index in [2.05, 4.69) is 11.2 Å². The number of benzene rings is 1. The van der Waals surface area contributed by atoms with Gasteiger partial charge < -0.3 is 10.0 Å². The number of nitriles is 2. The molecule has 3 rings (SSSR count). The molecule has 2 aliphatic rings. The minimum Gasteiger partial charge on any atom is -0.391 e. The maximum Gasteiger partial charge on any atom is 0.215 e. The van der Waals surface area contributed by atoms with Gasteiger partial charge in [-0.3, -0.25) is 0 Å². The van der Waals surface area contributed by atoms with Crippen LogP contribution in [0.4, 0.5) is 5.69 Å². The predicted molar refractivity (Wildman–Crippen MR) is 81.4 cm³/mol. The normalized spacial score (nSPS) is 25.2. The molecule has 0 bridgehead atoms. The molecule has 0 aromatic heterocycles. The van der Waals surface area contributed by atoms with Gasteiger partial charge in [-0.25, -0.2) is 9.89 Å². The first-order valence-corrected chi connectivity index (χ1v) is 7.34. The molecule has 2 unspecified atom stereocenters. The Hall–Kier alpha value is -2.28. The molecule has 0 spiro atoms. The van der Waals surface area contributed by atoms with E-state index in [0.717, 1.165) is 0 Å². The van der Waals surface area contributed by atoms with Crippen molar-refractivity contribution in [2.24, 2.45) is 4.99 Å². The van der Waals surface area contributed by atoms with Gasteiger partial charge in [-0.15, -0.1) is 0 Å². The molecule has 2 heterocycles. The van der Waals surface area contributed by atoms with Crippen LogP contribution >= 0.6 is 11.6 Å². The van der Waals surface area contributed by atoms with Crippen LogP contribution in [0.5, 0.6) is 0 Å². The molecule has 7 heteroatoms. The number of aliphatic hydroxyl groups is 1. The van der Waals surface area contributed by atoms with Gasteiger partial charge in [0.15, 0.2) is 6.19 Å². The topological polar surface area (TPSA) is 86.7 Å². The predicted octanol–water partition coefficient (Wildman–Crippen LogP) is 1.74. The van der Waals surface area contributed by atoms with Crippen LogP contribution in [0.2, 0.25) is 5.02 Å². The molecule has 0 aliphatic carbocycles. The van der Waals surface area contributed by atoms with Crippen LogP contribution in [0.15, 0.2) is 17.1 Å². The molecule has 6 nitrogen and oxygen atoms in total. The minimum atomic E-state index is -0.436. The van der Waals surface area contributed by atoms with Gasteiger partial charge >= 0.3 is 0 Å². The first-order valence-electron chi connectivity index (χ1n) is 6.96. The highest BCUT2D eigenvalue weighted by Gasteiger charge is 2.44. The van der Waals surface area contributed by atoms with Gasteiger partial charge in [0.2, 0.25) is 5.96 Å². The highest BCUT2D eigenvalue weighted by Crippen LogP contribution is 2.32. The highest BCUT2D eigenvalue weighted by atomic mass is 35.5. The molecular weight excluding hydrogens is 302 g/mol. The van der Waals surface area contributed by atoms with Crippen LogP contribution in [-0.4, -0.2) is 46.1 Å². The van der Waals surface area contributed by atoms with Crippen LogP contribution in [-0.2, 0) is 0 Å². The molecule has 2 fully saturated rings. The molecule has 2 atom stereocenters. The van der Waals surface area contributed by atoms with E-state index in [1.165, 1.54) is 4.90 Å². The summed E-state index contributed by atoms with van der Waals surface area (Å²) in [7, 11) is 0. The zero-order chi connectivity index (χ0) is 15.9. The fourth-order valence-corrected chi connectivity index (χ4v) is 3.13.